The molecule has 2 heterocycles. The van der Waals surface area contributed by atoms with E-state index in [9.17, 15) is 14.7 Å². The Bertz CT molecular complexity index is 1380. The van der Waals surface area contributed by atoms with Crippen molar-refractivity contribution in [1.82, 2.24) is 0 Å². The lowest BCUT2D eigenvalue weighted by molar-refractivity contribution is -0.132. The third-order valence-corrected chi connectivity index (χ3v) is 6.76. The van der Waals surface area contributed by atoms with E-state index in [1.807, 2.05) is 30.3 Å². The van der Waals surface area contributed by atoms with Crippen LogP contribution in [0.3, 0.4) is 0 Å². The van der Waals surface area contributed by atoms with Gasteiger partial charge in [-0.25, -0.2) is 0 Å². The molecule has 2 aliphatic rings. The van der Waals surface area contributed by atoms with Crippen LogP contribution in [-0.2, 0) is 22.4 Å². The molecule has 0 aliphatic carbocycles. The largest absolute Gasteiger partial charge is 0.507 e. The van der Waals surface area contributed by atoms with Crippen LogP contribution in [0.2, 0.25) is 0 Å². The fourth-order valence-corrected chi connectivity index (χ4v) is 4.81. The zero-order valence-corrected chi connectivity index (χ0v) is 20.4. The molecule has 3 aromatic carbocycles. The van der Waals surface area contributed by atoms with E-state index < -0.39 is 17.7 Å². The van der Waals surface area contributed by atoms with Gasteiger partial charge in [0.25, 0.3) is 11.7 Å². The first-order chi connectivity index (χ1) is 17.5. The van der Waals surface area contributed by atoms with Crippen LogP contribution >= 0.6 is 0 Å². The molecule has 0 radical (unpaired) electrons. The summed E-state index contributed by atoms with van der Waals surface area (Å²) in [7, 11) is 3.04. The number of aliphatic hydroxyl groups is 1. The number of anilines is 1. The van der Waals surface area contributed by atoms with Crippen molar-refractivity contribution in [2.75, 3.05) is 25.7 Å². The van der Waals surface area contributed by atoms with Gasteiger partial charge < -0.3 is 19.3 Å². The fourth-order valence-electron chi connectivity index (χ4n) is 4.81. The van der Waals surface area contributed by atoms with Crippen molar-refractivity contribution in [1.29, 1.82) is 0 Å². The van der Waals surface area contributed by atoms with Gasteiger partial charge in [-0.15, -0.1) is 0 Å². The summed E-state index contributed by atoms with van der Waals surface area (Å²) in [5.74, 6) is 0.0127. The molecule has 1 amide bonds. The van der Waals surface area contributed by atoms with Crippen LogP contribution in [0.5, 0.6) is 17.2 Å². The molecule has 0 saturated carbocycles. The molecule has 0 bridgehead atoms. The van der Waals surface area contributed by atoms with Crippen molar-refractivity contribution >= 4 is 23.1 Å². The zero-order chi connectivity index (χ0) is 25.4. The summed E-state index contributed by atoms with van der Waals surface area (Å²) in [6.45, 7) is 2.63. The molecule has 3 aromatic rings. The fraction of sp³-hybridized carbons (Fsp3) is 0.241. The summed E-state index contributed by atoms with van der Waals surface area (Å²) in [5, 5.41) is 11.4. The number of carbonyl (C=O) groups is 2. The van der Waals surface area contributed by atoms with Crippen LogP contribution in [0.15, 0.2) is 66.2 Å². The van der Waals surface area contributed by atoms with Gasteiger partial charge in [-0.1, -0.05) is 31.2 Å². The van der Waals surface area contributed by atoms with Crippen molar-refractivity contribution in [3.05, 3.63) is 88.5 Å². The number of nitrogens with zero attached hydrogens (tertiary/aromatic N) is 1. The molecule has 5 rings (SSSR count). The average Bonchev–Trinajstić information content (AvgIpc) is 3.49. The van der Waals surface area contributed by atoms with Crippen LogP contribution in [0.1, 0.15) is 35.2 Å². The van der Waals surface area contributed by atoms with Crippen LogP contribution in [-0.4, -0.2) is 37.6 Å². The number of Topliss-reactive ketones (excluding diaryl/α,β-unsaturated/α-hetero) is 1. The smallest absolute Gasteiger partial charge is 0.300 e. The van der Waals surface area contributed by atoms with Gasteiger partial charge in [0.15, 0.2) is 11.5 Å². The van der Waals surface area contributed by atoms with Gasteiger partial charge in [0.1, 0.15) is 11.5 Å². The van der Waals surface area contributed by atoms with E-state index in [0.29, 0.717) is 34.9 Å². The number of ketones is 1. The van der Waals surface area contributed by atoms with E-state index in [1.54, 1.807) is 30.3 Å². The highest BCUT2D eigenvalue weighted by Gasteiger charge is 2.47. The topological polar surface area (TPSA) is 85.3 Å². The number of ether oxygens (including phenoxy) is 3. The van der Waals surface area contributed by atoms with E-state index in [-0.39, 0.29) is 11.3 Å². The molecule has 7 heteroatoms. The Labute approximate surface area is 209 Å². The summed E-state index contributed by atoms with van der Waals surface area (Å²) < 4.78 is 16.3. The lowest BCUT2D eigenvalue weighted by Gasteiger charge is -2.26. The Hall–Kier alpha value is -4.26. The van der Waals surface area contributed by atoms with Gasteiger partial charge in [0.2, 0.25) is 0 Å². The maximum absolute atomic E-state index is 13.4. The number of hydrogen-bond donors (Lipinski definition) is 1. The second-order valence-electron chi connectivity index (χ2n) is 8.72. The van der Waals surface area contributed by atoms with Gasteiger partial charge >= 0.3 is 0 Å². The first-order valence-corrected chi connectivity index (χ1v) is 11.8. The molecular formula is C29H27NO6. The van der Waals surface area contributed by atoms with Gasteiger partial charge in [0.05, 0.1) is 32.4 Å². The summed E-state index contributed by atoms with van der Waals surface area (Å²) in [6.07, 6.45) is 1.58. The van der Waals surface area contributed by atoms with E-state index >= 15 is 0 Å². The third kappa shape index (κ3) is 3.86. The highest BCUT2D eigenvalue weighted by Crippen LogP contribution is 2.44. The van der Waals surface area contributed by atoms with Crippen molar-refractivity contribution < 1.29 is 28.9 Å². The predicted octanol–water partition coefficient (Wildman–Crippen LogP) is 4.83. The van der Waals surface area contributed by atoms with E-state index in [1.165, 1.54) is 19.1 Å². The molecule has 184 valence electrons. The summed E-state index contributed by atoms with van der Waals surface area (Å²) in [4.78, 5) is 28.3. The number of aryl methyl sites for hydroxylation is 1. The van der Waals surface area contributed by atoms with Crippen LogP contribution < -0.4 is 19.1 Å². The molecule has 2 aliphatic heterocycles. The first-order valence-electron chi connectivity index (χ1n) is 11.8. The molecule has 1 saturated heterocycles. The number of rotatable bonds is 6. The minimum atomic E-state index is -0.821. The van der Waals surface area contributed by atoms with Crippen LogP contribution in [0, 0.1) is 0 Å². The standard InChI is InChI=1S/C29H27NO6/c1-4-17-5-7-18(8-6-17)26-25(27(31)20-9-11-22-19(15-20)13-14-36-22)28(32)29(33)30(26)21-10-12-23(34-2)24(16-21)35-3/h5-12,15-16,26,31H,4,13-14H2,1-3H3/b27-25-. The molecule has 1 fully saturated rings. The molecular weight excluding hydrogens is 458 g/mol. The number of carbonyl (C=O) groups excluding carboxylic acids is 2. The molecule has 0 aromatic heterocycles. The zero-order valence-electron chi connectivity index (χ0n) is 20.4. The maximum Gasteiger partial charge on any atom is 0.300 e. The third-order valence-electron chi connectivity index (χ3n) is 6.76. The lowest BCUT2D eigenvalue weighted by Crippen LogP contribution is -2.29. The second kappa shape index (κ2) is 9.41. The van der Waals surface area contributed by atoms with E-state index in [4.69, 9.17) is 14.2 Å². The molecule has 0 spiro atoms. The number of fused-ring (bicyclic) bond motifs is 1. The summed E-state index contributed by atoms with van der Waals surface area (Å²) in [6, 6.07) is 17.3. The summed E-state index contributed by atoms with van der Waals surface area (Å²) in [5.41, 5.74) is 3.77. The van der Waals surface area contributed by atoms with Crippen LogP contribution in [0.4, 0.5) is 5.69 Å². The molecule has 1 atom stereocenters. The Kier molecular flexibility index (Phi) is 6.14. The van der Waals surface area contributed by atoms with Crippen molar-refractivity contribution in [3.63, 3.8) is 0 Å². The Balaban J connectivity index is 1.69. The van der Waals surface area contributed by atoms with Gasteiger partial charge in [-0.05, 0) is 53.4 Å². The van der Waals surface area contributed by atoms with Crippen molar-refractivity contribution in [3.8, 4) is 17.2 Å². The lowest BCUT2D eigenvalue weighted by atomic mass is 9.93. The molecule has 1 unspecified atom stereocenters. The van der Waals surface area contributed by atoms with Gasteiger partial charge in [-0.2, -0.15) is 0 Å². The minimum absolute atomic E-state index is 0.0397. The number of methoxy groups -OCH3 is 2. The number of benzene rings is 3. The Morgan fingerprint density at radius 3 is 2.44 bits per heavy atom. The maximum atomic E-state index is 13.4. The quantitative estimate of drug-likeness (QED) is 0.306. The molecule has 1 N–H and O–H groups in total. The summed E-state index contributed by atoms with van der Waals surface area (Å²) >= 11 is 0. The van der Waals surface area contributed by atoms with Crippen LogP contribution in [0.25, 0.3) is 5.76 Å². The SMILES string of the molecule is CCc1ccc(C2/C(=C(/O)c3ccc4c(c3)CCO4)C(=O)C(=O)N2c2ccc(OC)c(OC)c2)cc1. The highest BCUT2D eigenvalue weighted by molar-refractivity contribution is 6.51. The van der Waals surface area contributed by atoms with Gasteiger partial charge in [0, 0.05) is 23.7 Å². The minimum Gasteiger partial charge on any atom is -0.507 e. The predicted molar refractivity (Wildman–Crippen MR) is 136 cm³/mol. The second-order valence-corrected chi connectivity index (χ2v) is 8.72. The van der Waals surface area contributed by atoms with Gasteiger partial charge in [-0.3, -0.25) is 14.5 Å². The monoisotopic (exact) mass is 485 g/mol. The molecule has 7 nitrogen and oxygen atoms in total. The number of amides is 1. The van der Waals surface area contributed by atoms with Crippen molar-refractivity contribution in [2.45, 2.75) is 25.8 Å². The van der Waals surface area contributed by atoms with E-state index in [2.05, 4.69) is 6.92 Å². The highest BCUT2D eigenvalue weighted by atomic mass is 16.5. The number of hydrogen-bond acceptors (Lipinski definition) is 6. The normalized spacial score (nSPS) is 18.2. The van der Waals surface area contributed by atoms with E-state index in [0.717, 1.165) is 29.7 Å². The molecule has 36 heavy (non-hydrogen) atoms. The number of aliphatic hydroxyl groups excluding tert-OH is 1. The Morgan fingerprint density at radius 1 is 1.00 bits per heavy atom. The first kappa shape index (κ1) is 23.5. The van der Waals surface area contributed by atoms with Crippen molar-refractivity contribution in [2.24, 2.45) is 0 Å². The average molecular weight is 486 g/mol. The Morgan fingerprint density at radius 2 is 1.75 bits per heavy atom.